The topological polar surface area (TPSA) is 67.1 Å². The van der Waals surface area contributed by atoms with E-state index in [0.29, 0.717) is 42.0 Å². The molecule has 1 aromatic heterocycles. The van der Waals surface area contributed by atoms with Crippen molar-refractivity contribution < 1.29 is 0 Å². The van der Waals surface area contributed by atoms with Gasteiger partial charge >= 0.3 is 0 Å². The Labute approximate surface area is 187 Å². The van der Waals surface area contributed by atoms with E-state index >= 15 is 0 Å². The molecular weight excluding hydrogens is 406 g/mol. The maximum atomic E-state index is 6.53. The van der Waals surface area contributed by atoms with Crippen LogP contribution in [-0.4, -0.2) is 9.97 Å². The van der Waals surface area contributed by atoms with E-state index < -0.39 is 0 Å². The van der Waals surface area contributed by atoms with Gasteiger partial charge in [-0.15, -0.1) is 0 Å². The summed E-state index contributed by atoms with van der Waals surface area (Å²) >= 11 is 6.28. The number of rotatable bonds is 8. The van der Waals surface area contributed by atoms with Crippen molar-refractivity contribution >= 4 is 28.9 Å². The lowest BCUT2D eigenvalue weighted by Crippen LogP contribution is -2.25. The molecule has 0 atom stereocenters. The molecule has 31 heavy (non-hydrogen) atoms. The minimum absolute atomic E-state index is 0.515. The fourth-order valence-corrected chi connectivity index (χ4v) is 3.62. The molecule has 0 unspecified atom stereocenters. The first-order valence-electron chi connectivity index (χ1n) is 10.1. The Morgan fingerprint density at radius 1 is 0.774 bits per heavy atom. The predicted octanol–water partition coefficient (Wildman–Crippen LogP) is 5.53. The summed E-state index contributed by atoms with van der Waals surface area (Å²) in [4.78, 5) is 11.1. The van der Waals surface area contributed by atoms with Crippen LogP contribution in [-0.2, 0) is 19.6 Å². The summed E-state index contributed by atoms with van der Waals surface area (Å²) in [5, 5.41) is 4.01. The van der Waals surface area contributed by atoms with Crippen LogP contribution in [0.15, 0.2) is 91.3 Å². The molecule has 0 spiro atoms. The van der Waals surface area contributed by atoms with Crippen LogP contribution < -0.4 is 16.0 Å². The van der Waals surface area contributed by atoms with Crippen LogP contribution in [0.1, 0.15) is 16.7 Å². The number of nitrogens with one attached hydrogen (secondary N) is 1. The maximum absolute atomic E-state index is 6.53. The number of nitrogens with zero attached hydrogens (tertiary/aromatic N) is 3. The lowest BCUT2D eigenvalue weighted by Gasteiger charge is -2.26. The first-order chi connectivity index (χ1) is 15.2. The molecule has 5 nitrogen and oxygen atoms in total. The van der Waals surface area contributed by atoms with Crippen LogP contribution in [0.2, 0.25) is 5.02 Å². The average Bonchev–Trinajstić information content (AvgIpc) is 2.80. The van der Waals surface area contributed by atoms with E-state index in [9.17, 15) is 0 Å². The Morgan fingerprint density at radius 3 is 1.97 bits per heavy atom. The molecule has 4 aromatic rings. The second kappa shape index (κ2) is 9.96. The predicted molar refractivity (Wildman–Crippen MR) is 128 cm³/mol. The number of aromatic nitrogens is 2. The molecule has 0 fully saturated rings. The van der Waals surface area contributed by atoms with Crippen molar-refractivity contribution in [1.29, 1.82) is 0 Å². The van der Waals surface area contributed by atoms with Crippen LogP contribution in [0.25, 0.3) is 0 Å². The van der Waals surface area contributed by atoms with Gasteiger partial charge in [0, 0.05) is 24.7 Å². The van der Waals surface area contributed by atoms with Crippen molar-refractivity contribution in [3.8, 4) is 0 Å². The Bertz CT molecular complexity index is 1080. The molecule has 1 heterocycles. The average molecular weight is 430 g/mol. The highest BCUT2D eigenvalue weighted by Gasteiger charge is 2.16. The zero-order valence-corrected chi connectivity index (χ0v) is 17.8. The van der Waals surface area contributed by atoms with Crippen LogP contribution in [0.3, 0.4) is 0 Å². The van der Waals surface area contributed by atoms with Crippen molar-refractivity contribution in [2.45, 2.75) is 19.6 Å². The lowest BCUT2D eigenvalue weighted by molar-refractivity contribution is 0.782. The van der Waals surface area contributed by atoms with E-state index in [2.05, 4.69) is 44.5 Å². The van der Waals surface area contributed by atoms with Crippen molar-refractivity contribution in [1.82, 2.24) is 9.97 Å². The number of nitrogen functional groups attached to an aromatic ring is 1. The third kappa shape index (κ3) is 5.32. The number of anilines is 3. The standard InChI is InChI=1S/C25H24ClN5/c26-22-14-8-7-13-21(22)15-28-24-23(27)25(30-18-29-24)31(16-19-9-3-1-4-10-19)17-20-11-5-2-6-12-20/h1-14,18H,15-17,27H2,(H,28,29,30). The number of hydrogen-bond acceptors (Lipinski definition) is 5. The highest BCUT2D eigenvalue weighted by atomic mass is 35.5. The molecule has 0 saturated carbocycles. The fraction of sp³-hybridized carbons (Fsp3) is 0.120. The second-order valence-corrected chi connectivity index (χ2v) is 7.64. The normalized spacial score (nSPS) is 10.6. The Kier molecular flexibility index (Phi) is 6.65. The van der Waals surface area contributed by atoms with Crippen molar-refractivity contribution in [3.05, 3.63) is 113 Å². The van der Waals surface area contributed by atoms with E-state index in [1.54, 1.807) is 6.33 Å². The Morgan fingerprint density at radius 2 is 1.35 bits per heavy atom. The molecule has 156 valence electrons. The molecule has 0 bridgehead atoms. The van der Waals surface area contributed by atoms with Gasteiger partial charge in [0.15, 0.2) is 11.6 Å². The van der Waals surface area contributed by atoms with Crippen molar-refractivity contribution in [3.63, 3.8) is 0 Å². The van der Waals surface area contributed by atoms with E-state index in [0.717, 1.165) is 5.56 Å². The summed E-state index contributed by atoms with van der Waals surface area (Å²) in [5.74, 6) is 1.29. The molecular formula is C25H24ClN5. The molecule has 0 radical (unpaired) electrons. The second-order valence-electron chi connectivity index (χ2n) is 7.23. The monoisotopic (exact) mass is 429 g/mol. The first-order valence-corrected chi connectivity index (χ1v) is 10.5. The smallest absolute Gasteiger partial charge is 0.158 e. The maximum Gasteiger partial charge on any atom is 0.158 e. The SMILES string of the molecule is Nc1c(NCc2ccccc2Cl)ncnc1N(Cc1ccccc1)Cc1ccccc1. The minimum atomic E-state index is 0.515. The van der Waals surface area contributed by atoms with E-state index in [1.807, 2.05) is 60.7 Å². The van der Waals surface area contributed by atoms with Gasteiger partial charge in [-0.05, 0) is 22.8 Å². The summed E-state index contributed by atoms with van der Waals surface area (Å²) in [6.07, 6.45) is 1.55. The Balaban J connectivity index is 1.61. The zero-order chi connectivity index (χ0) is 21.5. The molecule has 0 saturated heterocycles. The van der Waals surface area contributed by atoms with Gasteiger partial charge < -0.3 is 16.0 Å². The third-order valence-corrected chi connectivity index (χ3v) is 5.37. The van der Waals surface area contributed by atoms with E-state index in [4.69, 9.17) is 17.3 Å². The molecule has 6 heteroatoms. The first kappa shape index (κ1) is 20.7. The summed E-state index contributed by atoms with van der Waals surface area (Å²) in [7, 11) is 0. The van der Waals surface area contributed by atoms with Gasteiger partial charge in [-0.2, -0.15) is 0 Å². The van der Waals surface area contributed by atoms with Crippen LogP contribution >= 0.6 is 11.6 Å². The molecule has 0 amide bonds. The van der Waals surface area contributed by atoms with E-state index in [-0.39, 0.29) is 0 Å². The fourth-order valence-electron chi connectivity index (χ4n) is 3.41. The molecule has 0 aliphatic rings. The molecule has 4 rings (SSSR count). The van der Waals surface area contributed by atoms with Gasteiger partial charge in [0.25, 0.3) is 0 Å². The molecule has 0 aliphatic carbocycles. The number of hydrogen-bond donors (Lipinski definition) is 2. The summed E-state index contributed by atoms with van der Waals surface area (Å²) in [6, 6.07) is 28.3. The third-order valence-electron chi connectivity index (χ3n) is 5.00. The highest BCUT2D eigenvalue weighted by molar-refractivity contribution is 6.31. The van der Waals surface area contributed by atoms with E-state index in [1.165, 1.54) is 11.1 Å². The molecule has 3 N–H and O–H groups in total. The molecule has 0 aliphatic heterocycles. The summed E-state index contributed by atoms with van der Waals surface area (Å²) < 4.78 is 0. The van der Waals surface area contributed by atoms with Crippen LogP contribution in [0, 0.1) is 0 Å². The minimum Gasteiger partial charge on any atom is -0.393 e. The number of nitrogens with two attached hydrogens (primary N) is 1. The Hall–Kier alpha value is -3.57. The molecule has 3 aromatic carbocycles. The highest BCUT2D eigenvalue weighted by Crippen LogP contribution is 2.29. The lowest BCUT2D eigenvalue weighted by atomic mass is 10.1. The summed E-state index contributed by atoms with van der Waals surface area (Å²) in [5.41, 5.74) is 10.4. The van der Waals surface area contributed by atoms with Crippen molar-refractivity contribution in [2.24, 2.45) is 0 Å². The van der Waals surface area contributed by atoms with Gasteiger partial charge in [0.1, 0.15) is 12.0 Å². The quantitative estimate of drug-likeness (QED) is 0.385. The zero-order valence-electron chi connectivity index (χ0n) is 17.1. The van der Waals surface area contributed by atoms with Gasteiger partial charge in [-0.3, -0.25) is 0 Å². The summed E-state index contributed by atoms with van der Waals surface area (Å²) in [6.45, 7) is 1.89. The van der Waals surface area contributed by atoms with Crippen molar-refractivity contribution in [2.75, 3.05) is 16.0 Å². The van der Waals surface area contributed by atoms with Crippen LogP contribution in [0.4, 0.5) is 17.3 Å². The van der Waals surface area contributed by atoms with Gasteiger partial charge in [0.05, 0.1) is 0 Å². The number of halogens is 1. The van der Waals surface area contributed by atoms with Gasteiger partial charge in [0.2, 0.25) is 0 Å². The van der Waals surface area contributed by atoms with Gasteiger partial charge in [-0.25, -0.2) is 9.97 Å². The number of benzene rings is 3. The van der Waals surface area contributed by atoms with Gasteiger partial charge in [-0.1, -0.05) is 90.5 Å². The largest absolute Gasteiger partial charge is 0.393 e. The van der Waals surface area contributed by atoms with Crippen LogP contribution in [0.5, 0.6) is 0 Å².